The zero-order valence-electron chi connectivity index (χ0n) is 20.3. The Kier molecular flexibility index (Phi) is 8.50. The molecule has 1 saturated heterocycles. The van der Waals surface area contributed by atoms with Gasteiger partial charge in [0.15, 0.2) is 11.6 Å². The number of carboxylic acid groups (broad SMARTS) is 1. The van der Waals surface area contributed by atoms with Gasteiger partial charge in [-0.2, -0.15) is 0 Å². The monoisotopic (exact) mass is 492 g/mol. The third-order valence-corrected chi connectivity index (χ3v) is 6.95. The van der Waals surface area contributed by atoms with E-state index >= 15 is 0 Å². The maximum absolute atomic E-state index is 13.8. The lowest BCUT2D eigenvalue weighted by Gasteiger charge is -2.37. The number of likely N-dealkylation sites (tertiary alicyclic amines) is 1. The summed E-state index contributed by atoms with van der Waals surface area (Å²) in [5, 5.41) is 10.6. The molecule has 2 atom stereocenters. The van der Waals surface area contributed by atoms with Crippen molar-refractivity contribution in [2.24, 2.45) is 11.8 Å². The number of carbonyl (C=O) groups is 1. The Morgan fingerprint density at radius 1 is 1.22 bits per heavy atom. The minimum absolute atomic E-state index is 0.0261. The number of fused-ring (bicyclic) bond motifs is 1. The molecule has 2 aromatic carbocycles. The van der Waals surface area contributed by atoms with Crippen LogP contribution in [0.2, 0.25) is 0 Å². The number of benzene rings is 2. The quantitative estimate of drug-likeness (QED) is 0.432. The van der Waals surface area contributed by atoms with E-state index in [1.54, 1.807) is 7.11 Å². The van der Waals surface area contributed by atoms with Crippen LogP contribution in [0.1, 0.15) is 36.8 Å². The fourth-order valence-corrected chi connectivity index (χ4v) is 5.06. The largest absolute Gasteiger partial charge is 0.497 e. The Labute approximate surface area is 210 Å². The predicted octanol–water partition coefficient (Wildman–Crippen LogP) is 5.31. The molecule has 1 aliphatic rings. The zero-order valence-corrected chi connectivity index (χ0v) is 20.3. The molecule has 3 aromatic rings. The van der Waals surface area contributed by atoms with Gasteiger partial charge in [0, 0.05) is 24.5 Å². The van der Waals surface area contributed by atoms with Crippen molar-refractivity contribution in [3.8, 4) is 17.6 Å². The molecule has 1 aliphatic heterocycles. The van der Waals surface area contributed by atoms with Gasteiger partial charge in [0.05, 0.1) is 24.7 Å². The average Bonchev–Trinajstić information content (AvgIpc) is 2.87. The molecule has 0 radical (unpaired) electrons. The van der Waals surface area contributed by atoms with Crippen LogP contribution in [0.5, 0.6) is 5.75 Å². The number of aryl methyl sites for hydroxylation is 1. The molecule has 0 unspecified atom stereocenters. The molecule has 0 saturated carbocycles. The van der Waals surface area contributed by atoms with Crippen LogP contribution in [0, 0.1) is 35.3 Å². The Bertz CT molecular complexity index is 1280. The number of aromatic nitrogens is 1. The molecule has 5 nitrogen and oxygen atoms in total. The van der Waals surface area contributed by atoms with Crippen LogP contribution >= 0.6 is 0 Å². The first-order chi connectivity index (χ1) is 17.4. The van der Waals surface area contributed by atoms with E-state index < -0.39 is 17.6 Å². The van der Waals surface area contributed by atoms with E-state index in [1.165, 1.54) is 17.7 Å². The van der Waals surface area contributed by atoms with E-state index in [1.807, 2.05) is 30.5 Å². The number of rotatable bonds is 8. The van der Waals surface area contributed by atoms with Gasteiger partial charge in [-0.1, -0.05) is 17.9 Å². The lowest BCUT2D eigenvalue weighted by atomic mass is 9.80. The van der Waals surface area contributed by atoms with Gasteiger partial charge in [0.2, 0.25) is 0 Å². The van der Waals surface area contributed by atoms with Gasteiger partial charge in [-0.15, -0.1) is 0 Å². The number of halogens is 2. The second kappa shape index (κ2) is 12.0. The summed E-state index contributed by atoms with van der Waals surface area (Å²) in [6.07, 6.45) is 5.61. The van der Waals surface area contributed by atoms with Crippen LogP contribution < -0.4 is 4.74 Å². The van der Waals surface area contributed by atoms with Crippen molar-refractivity contribution in [1.82, 2.24) is 9.88 Å². The second-order valence-corrected chi connectivity index (χ2v) is 9.29. The second-order valence-electron chi connectivity index (χ2n) is 9.29. The van der Waals surface area contributed by atoms with E-state index in [0.717, 1.165) is 54.9 Å². The van der Waals surface area contributed by atoms with E-state index in [2.05, 4.69) is 21.7 Å². The molecule has 1 aromatic heterocycles. The maximum Gasteiger partial charge on any atom is 0.303 e. The first-order valence-corrected chi connectivity index (χ1v) is 12.2. The van der Waals surface area contributed by atoms with Gasteiger partial charge in [-0.25, -0.2) is 8.78 Å². The van der Waals surface area contributed by atoms with Crippen molar-refractivity contribution < 1.29 is 23.4 Å². The standard InChI is InChI=1S/C29H30F2N2O3/c1-36-24-10-11-27-25(18-24)21(12-14-32-27)6-2-5-20-13-16-33(19-23(20)17-28(34)35)15-4-8-22-7-3-9-26(30)29(22)31/h3,7,9-12,14,18,20,23H,2,5-6,13,15-17,19H2,1H3,(H,34,35)/t20-,23+/m1/s1. The lowest BCUT2D eigenvalue weighted by Crippen LogP contribution is -2.41. The molecule has 0 bridgehead atoms. The van der Waals surface area contributed by atoms with Gasteiger partial charge in [0.25, 0.3) is 0 Å². The van der Waals surface area contributed by atoms with E-state index in [4.69, 9.17) is 4.74 Å². The number of ether oxygens (including phenoxy) is 1. The number of methoxy groups -OCH3 is 1. The molecule has 188 valence electrons. The summed E-state index contributed by atoms with van der Waals surface area (Å²) in [6.45, 7) is 1.83. The van der Waals surface area contributed by atoms with Crippen molar-refractivity contribution in [2.45, 2.75) is 32.1 Å². The number of carboxylic acids is 1. The highest BCUT2D eigenvalue weighted by atomic mass is 19.2. The van der Waals surface area contributed by atoms with Gasteiger partial charge in [-0.05, 0) is 86.0 Å². The number of nitrogens with zero attached hydrogens (tertiary/aromatic N) is 2. The first-order valence-electron chi connectivity index (χ1n) is 12.2. The zero-order chi connectivity index (χ0) is 25.5. The molecule has 36 heavy (non-hydrogen) atoms. The number of piperidine rings is 1. The third kappa shape index (κ3) is 6.38. The fraction of sp³-hybridized carbons (Fsp3) is 0.379. The SMILES string of the molecule is COc1ccc2nccc(CCC[C@@H]3CCN(CC#Cc4cccc(F)c4F)C[C@@H]3CC(=O)O)c2c1. The van der Waals surface area contributed by atoms with Crippen molar-refractivity contribution in [3.05, 3.63) is 71.4 Å². The molecule has 4 rings (SSSR count). The van der Waals surface area contributed by atoms with Gasteiger partial charge < -0.3 is 9.84 Å². The summed E-state index contributed by atoms with van der Waals surface area (Å²) in [5.74, 6) is 4.12. The molecular weight excluding hydrogens is 462 g/mol. The predicted molar refractivity (Wildman–Crippen MR) is 135 cm³/mol. The Hall–Kier alpha value is -3.50. The van der Waals surface area contributed by atoms with E-state index in [9.17, 15) is 18.7 Å². The lowest BCUT2D eigenvalue weighted by molar-refractivity contribution is -0.139. The molecule has 0 spiro atoms. The number of hydrogen-bond acceptors (Lipinski definition) is 4. The third-order valence-electron chi connectivity index (χ3n) is 6.95. The summed E-state index contributed by atoms with van der Waals surface area (Å²) < 4.78 is 32.6. The minimum Gasteiger partial charge on any atom is -0.497 e. The summed E-state index contributed by atoms with van der Waals surface area (Å²) in [4.78, 5) is 18.1. The van der Waals surface area contributed by atoms with Crippen molar-refractivity contribution >= 4 is 16.9 Å². The van der Waals surface area contributed by atoms with Crippen molar-refractivity contribution in [2.75, 3.05) is 26.7 Å². The average molecular weight is 493 g/mol. The number of aliphatic carboxylic acids is 1. The van der Waals surface area contributed by atoms with Crippen molar-refractivity contribution in [3.63, 3.8) is 0 Å². The Morgan fingerprint density at radius 2 is 2.08 bits per heavy atom. The highest BCUT2D eigenvalue weighted by Gasteiger charge is 2.30. The van der Waals surface area contributed by atoms with Crippen LogP contribution in [0.4, 0.5) is 8.78 Å². The Morgan fingerprint density at radius 3 is 2.89 bits per heavy atom. The smallest absolute Gasteiger partial charge is 0.303 e. The highest BCUT2D eigenvalue weighted by molar-refractivity contribution is 5.83. The molecule has 0 aliphatic carbocycles. The topological polar surface area (TPSA) is 62.7 Å². The van der Waals surface area contributed by atoms with Crippen LogP contribution in [0.3, 0.4) is 0 Å². The van der Waals surface area contributed by atoms with Crippen LogP contribution in [0.25, 0.3) is 10.9 Å². The van der Waals surface area contributed by atoms with Crippen LogP contribution in [-0.2, 0) is 11.2 Å². The summed E-state index contributed by atoms with van der Waals surface area (Å²) in [6, 6.07) is 11.9. The highest BCUT2D eigenvalue weighted by Crippen LogP contribution is 2.31. The molecule has 1 N–H and O–H groups in total. The van der Waals surface area contributed by atoms with E-state index in [-0.39, 0.29) is 17.9 Å². The molecule has 7 heteroatoms. The normalized spacial score (nSPS) is 18.0. The first kappa shape index (κ1) is 25.6. The van der Waals surface area contributed by atoms with Gasteiger partial charge in [-0.3, -0.25) is 14.7 Å². The van der Waals surface area contributed by atoms with Gasteiger partial charge in [0.1, 0.15) is 5.75 Å². The molecule has 0 amide bonds. The fourth-order valence-electron chi connectivity index (χ4n) is 5.06. The summed E-state index contributed by atoms with van der Waals surface area (Å²) >= 11 is 0. The molecule has 2 heterocycles. The molecular formula is C29H30F2N2O3. The molecule has 1 fully saturated rings. The van der Waals surface area contributed by atoms with Crippen LogP contribution in [-0.4, -0.2) is 47.7 Å². The van der Waals surface area contributed by atoms with E-state index in [0.29, 0.717) is 19.0 Å². The Balaban J connectivity index is 1.36. The number of hydrogen-bond donors (Lipinski definition) is 1. The van der Waals surface area contributed by atoms with Crippen LogP contribution in [0.15, 0.2) is 48.7 Å². The summed E-state index contributed by atoms with van der Waals surface area (Å²) in [7, 11) is 1.65. The summed E-state index contributed by atoms with van der Waals surface area (Å²) in [5.41, 5.74) is 2.18. The minimum atomic E-state index is -0.937. The van der Waals surface area contributed by atoms with Crippen molar-refractivity contribution in [1.29, 1.82) is 0 Å². The van der Waals surface area contributed by atoms with Gasteiger partial charge >= 0.3 is 5.97 Å². The maximum atomic E-state index is 13.8. The number of pyridine rings is 1.